The number of ether oxygens (including phenoxy) is 2. The van der Waals surface area contributed by atoms with E-state index in [9.17, 15) is 9.59 Å². The number of nitrogens with one attached hydrogen (secondary N) is 2. The highest BCUT2D eigenvalue weighted by molar-refractivity contribution is 5.98. The van der Waals surface area contributed by atoms with Gasteiger partial charge in [-0.25, -0.2) is 4.57 Å². The summed E-state index contributed by atoms with van der Waals surface area (Å²) in [7, 11) is 5.02. The molecule has 0 unspecified atom stereocenters. The average molecular weight is 324 g/mol. The van der Waals surface area contributed by atoms with E-state index in [1.54, 1.807) is 44.3 Å². The number of hydrogen-bond acceptors (Lipinski definition) is 4. The zero-order chi connectivity index (χ0) is 17.1. The van der Waals surface area contributed by atoms with E-state index in [1.165, 1.54) is 0 Å². The highest BCUT2D eigenvalue weighted by Crippen LogP contribution is 2.02. The SMILES string of the molecule is COCCCNC(=O)c1cc(C(=O)NCCCOC)c[n+](C)c1. The third kappa shape index (κ3) is 7.21. The van der Waals surface area contributed by atoms with E-state index in [4.69, 9.17) is 9.47 Å². The van der Waals surface area contributed by atoms with Crippen LogP contribution >= 0.6 is 0 Å². The van der Waals surface area contributed by atoms with Gasteiger partial charge in [-0.05, 0) is 18.9 Å². The molecule has 128 valence electrons. The van der Waals surface area contributed by atoms with Gasteiger partial charge in [-0.1, -0.05) is 0 Å². The summed E-state index contributed by atoms with van der Waals surface area (Å²) in [6.07, 6.45) is 4.86. The number of hydrogen-bond donors (Lipinski definition) is 2. The summed E-state index contributed by atoms with van der Waals surface area (Å²) in [6.45, 7) is 2.25. The molecule has 23 heavy (non-hydrogen) atoms. The monoisotopic (exact) mass is 324 g/mol. The molecule has 7 heteroatoms. The normalized spacial score (nSPS) is 10.4. The number of methoxy groups -OCH3 is 2. The summed E-state index contributed by atoms with van der Waals surface area (Å²) in [5.74, 6) is -0.406. The maximum Gasteiger partial charge on any atom is 0.257 e. The van der Waals surface area contributed by atoms with Crippen LogP contribution in [0.15, 0.2) is 18.5 Å². The van der Waals surface area contributed by atoms with Crippen molar-refractivity contribution in [1.29, 1.82) is 0 Å². The average Bonchev–Trinajstić information content (AvgIpc) is 2.54. The molecule has 7 nitrogen and oxygen atoms in total. The summed E-state index contributed by atoms with van der Waals surface area (Å²) in [4.78, 5) is 24.2. The Labute approximate surface area is 137 Å². The van der Waals surface area contributed by atoms with E-state index in [0.29, 0.717) is 37.4 Å². The Morgan fingerprint density at radius 2 is 1.39 bits per heavy atom. The molecule has 0 radical (unpaired) electrons. The predicted molar refractivity (Wildman–Crippen MR) is 85.3 cm³/mol. The number of carbonyl (C=O) groups excluding carboxylic acids is 2. The molecule has 0 saturated heterocycles. The fraction of sp³-hybridized carbons (Fsp3) is 0.562. The van der Waals surface area contributed by atoms with Gasteiger partial charge in [0.2, 0.25) is 0 Å². The molecule has 0 bridgehead atoms. The molecule has 0 atom stereocenters. The largest absolute Gasteiger partial charge is 0.385 e. The van der Waals surface area contributed by atoms with Crippen molar-refractivity contribution < 1.29 is 23.6 Å². The van der Waals surface area contributed by atoms with E-state index >= 15 is 0 Å². The summed E-state index contributed by atoms with van der Waals surface area (Å²) >= 11 is 0. The molecule has 1 rings (SSSR count). The van der Waals surface area contributed by atoms with Gasteiger partial charge < -0.3 is 20.1 Å². The van der Waals surface area contributed by atoms with Gasteiger partial charge in [-0.3, -0.25) is 9.59 Å². The van der Waals surface area contributed by atoms with Gasteiger partial charge in [-0.2, -0.15) is 0 Å². The van der Waals surface area contributed by atoms with Gasteiger partial charge in [0.15, 0.2) is 12.4 Å². The van der Waals surface area contributed by atoms with Crippen LogP contribution in [0, 0.1) is 0 Å². The van der Waals surface area contributed by atoms with Crippen LogP contribution in [0.5, 0.6) is 0 Å². The first-order valence-corrected chi connectivity index (χ1v) is 7.63. The van der Waals surface area contributed by atoms with Crippen LogP contribution in [0.2, 0.25) is 0 Å². The van der Waals surface area contributed by atoms with Crippen LogP contribution in [-0.2, 0) is 16.5 Å². The number of nitrogens with zero attached hydrogens (tertiary/aromatic N) is 1. The lowest BCUT2D eigenvalue weighted by molar-refractivity contribution is -0.671. The zero-order valence-corrected chi connectivity index (χ0v) is 14.1. The van der Waals surface area contributed by atoms with E-state index < -0.39 is 0 Å². The molecular weight excluding hydrogens is 298 g/mol. The minimum atomic E-state index is -0.203. The van der Waals surface area contributed by atoms with Crippen LogP contribution < -0.4 is 15.2 Å². The molecule has 0 aliphatic rings. The molecule has 1 aromatic heterocycles. The van der Waals surface area contributed by atoms with Crippen molar-refractivity contribution in [3.63, 3.8) is 0 Å². The molecule has 2 amide bonds. The Balaban J connectivity index is 2.63. The lowest BCUT2D eigenvalue weighted by Crippen LogP contribution is -2.35. The van der Waals surface area contributed by atoms with Crippen molar-refractivity contribution >= 4 is 11.8 Å². The molecule has 1 aromatic rings. The molecule has 0 aliphatic carbocycles. The van der Waals surface area contributed by atoms with Gasteiger partial charge in [0, 0.05) is 40.5 Å². The van der Waals surface area contributed by atoms with E-state index in [0.717, 1.165) is 12.8 Å². The van der Waals surface area contributed by atoms with Crippen molar-refractivity contribution in [2.75, 3.05) is 40.5 Å². The van der Waals surface area contributed by atoms with Crippen LogP contribution in [-0.4, -0.2) is 52.3 Å². The number of aryl methyl sites for hydroxylation is 1. The van der Waals surface area contributed by atoms with Gasteiger partial charge in [0.1, 0.15) is 18.2 Å². The Bertz CT molecular complexity index is 478. The lowest BCUT2D eigenvalue weighted by atomic mass is 10.1. The quantitative estimate of drug-likeness (QED) is 0.470. The van der Waals surface area contributed by atoms with Crippen molar-refractivity contribution in [2.24, 2.45) is 7.05 Å². The molecule has 1 heterocycles. The second-order valence-electron chi connectivity index (χ2n) is 5.18. The molecular formula is C16H26N3O4+. The van der Waals surface area contributed by atoms with Crippen LogP contribution in [0.4, 0.5) is 0 Å². The third-order valence-electron chi connectivity index (χ3n) is 3.14. The topological polar surface area (TPSA) is 80.5 Å². The predicted octanol–water partition coefficient (Wildman–Crippen LogP) is 0.0437. The first kappa shape index (κ1) is 19.1. The van der Waals surface area contributed by atoms with Crippen molar-refractivity contribution in [1.82, 2.24) is 10.6 Å². The maximum absolute atomic E-state index is 12.1. The van der Waals surface area contributed by atoms with Gasteiger partial charge >= 0.3 is 0 Å². The Hall–Kier alpha value is -1.99. The minimum absolute atomic E-state index is 0.203. The lowest BCUT2D eigenvalue weighted by Gasteiger charge is -2.07. The van der Waals surface area contributed by atoms with Crippen molar-refractivity contribution in [2.45, 2.75) is 12.8 Å². The molecule has 0 aromatic carbocycles. The smallest absolute Gasteiger partial charge is 0.257 e. The number of pyridine rings is 1. The van der Waals surface area contributed by atoms with Crippen molar-refractivity contribution in [3.8, 4) is 0 Å². The highest BCUT2D eigenvalue weighted by atomic mass is 16.5. The van der Waals surface area contributed by atoms with Crippen molar-refractivity contribution in [3.05, 3.63) is 29.6 Å². The fourth-order valence-corrected chi connectivity index (χ4v) is 2.01. The first-order valence-electron chi connectivity index (χ1n) is 7.63. The summed E-state index contributed by atoms with van der Waals surface area (Å²) in [5, 5.41) is 5.61. The summed E-state index contributed by atoms with van der Waals surface area (Å²) in [5.41, 5.74) is 0.906. The van der Waals surface area contributed by atoms with Crippen LogP contribution in [0.1, 0.15) is 33.6 Å². The van der Waals surface area contributed by atoms with E-state index in [-0.39, 0.29) is 11.8 Å². The van der Waals surface area contributed by atoms with Crippen LogP contribution in [0.3, 0.4) is 0 Å². The molecule has 0 fully saturated rings. The maximum atomic E-state index is 12.1. The van der Waals surface area contributed by atoms with Gasteiger partial charge in [0.05, 0.1) is 0 Å². The number of rotatable bonds is 10. The van der Waals surface area contributed by atoms with Gasteiger partial charge in [-0.15, -0.1) is 0 Å². The minimum Gasteiger partial charge on any atom is -0.385 e. The standard InChI is InChI=1S/C16H25N3O4/c1-19-11-13(15(20)17-6-4-8-22-2)10-14(12-19)16(21)18-7-5-9-23-3/h10-12H,4-9H2,1-3H3,(H-,17,18,20,21)/p+1. The van der Waals surface area contributed by atoms with E-state index in [1.807, 2.05) is 0 Å². The fourth-order valence-electron chi connectivity index (χ4n) is 2.01. The number of aromatic nitrogens is 1. The van der Waals surface area contributed by atoms with E-state index in [2.05, 4.69) is 10.6 Å². The summed E-state index contributed by atoms with van der Waals surface area (Å²) < 4.78 is 11.6. The zero-order valence-electron chi connectivity index (χ0n) is 14.1. The third-order valence-corrected chi connectivity index (χ3v) is 3.14. The molecule has 0 spiro atoms. The second kappa shape index (κ2) is 10.7. The number of amides is 2. The molecule has 0 saturated carbocycles. The Morgan fingerprint density at radius 1 is 0.957 bits per heavy atom. The molecule has 2 N–H and O–H groups in total. The summed E-state index contributed by atoms with van der Waals surface area (Å²) in [6, 6.07) is 1.59. The Kier molecular flexibility index (Phi) is 8.86. The van der Waals surface area contributed by atoms with Gasteiger partial charge in [0.25, 0.3) is 11.8 Å². The highest BCUT2D eigenvalue weighted by Gasteiger charge is 2.15. The second-order valence-corrected chi connectivity index (χ2v) is 5.18. The van der Waals surface area contributed by atoms with Crippen LogP contribution in [0.25, 0.3) is 0 Å². The first-order chi connectivity index (χ1) is 11.1. The Morgan fingerprint density at radius 3 is 1.78 bits per heavy atom. The number of carbonyl (C=O) groups is 2. The molecule has 0 aliphatic heterocycles.